The zero-order chi connectivity index (χ0) is 27.4. The second-order valence-electron chi connectivity index (χ2n) is 11.6. The summed E-state index contributed by atoms with van der Waals surface area (Å²) >= 11 is 0. The molecule has 1 aliphatic carbocycles. The maximum absolute atomic E-state index is 15.6. The number of amides is 1. The van der Waals surface area contributed by atoms with Crippen LogP contribution in [0.15, 0.2) is 84.9 Å². The summed E-state index contributed by atoms with van der Waals surface area (Å²) in [6.07, 6.45) is 0.568. The molecule has 1 saturated heterocycles. The molecular formula is C34H41FN2O2. The first kappa shape index (κ1) is 27.4. The van der Waals surface area contributed by atoms with Crippen LogP contribution in [-0.4, -0.2) is 48.8 Å². The predicted molar refractivity (Wildman–Crippen MR) is 155 cm³/mol. The third kappa shape index (κ3) is 5.74. The number of carbonyl (C=O) groups is 1. The molecule has 0 spiro atoms. The average molecular weight is 529 g/mol. The minimum Gasteiger partial charge on any atom is -0.489 e. The molecule has 5 rings (SSSR count). The topological polar surface area (TPSA) is 41.6 Å². The van der Waals surface area contributed by atoms with Crippen molar-refractivity contribution in [2.45, 2.75) is 63.8 Å². The Hall–Kier alpha value is -3.18. The summed E-state index contributed by atoms with van der Waals surface area (Å²) in [6, 6.07) is 29.2. The fourth-order valence-corrected chi connectivity index (χ4v) is 6.74. The number of nitrogens with zero attached hydrogens (tertiary/aromatic N) is 1. The first-order chi connectivity index (χ1) is 18.9. The number of para-hydroxylation sites is 1. The van der Waals surface area contributed by atoms with Crippen molar-refractivity contribution in [3.63, 3.8) is 0 Å². The predicted octanol–water partition coefficient (Wildman–Crippen LogP) is 6.19. The lowest BCUT2D eigenvalue weighted by Crippen LogP contribution is -2.47. The first-order valence-electron chi connectivity index (χ1n) is 14.4. The molecule has 2 aliphatic rings. The number of benzene rings is 3. The van der Waals surface area contributed by atoms with Crippen LogP contribution in [0.25, 0.3) is 0 Å². The molecule has 2 fully saturated rings. The van der Waals surface area contributed by atoms with Gasteiger partial charge in [-0.05, 0) is 42.9 Å². The van der Waals surface area contributed by atoms with Crippen molar-refractivity contribution in [2.24, 2.45) is 11.8 Å². The molecule has 5 heteroatoms. The van der Waals surface area contributed by atoms with Gasteiger partial charge in [-0.1, -0.05) is 92.7 Å². The highest BCUT2D eigenvalue weighted by atomic mass is 19.1. The number of carbonyl (C=O) groups excluding carboxylic acids is 1. The summed E-state index contributed by atoms with van der Waals surface area (Å²) in [5.41, 5.74) is 3.00. The second-order valence-corrected chi connectivity index (χ2v) is 11.6. The number of nitrogens with one attached hydrogen (secondary N) is 1. The zero-order valence-electron chi connectivity index (χ0n) is 23.4. The van der Waals surface area contributed by atoms with E-state index in [0.717, 1.165) is 24.3 Å². The maximum Gasteiger partial charge on any atom is 0.227 e. The lowest BCUT2D eigenvalue weighted by atomic mass is 9.56. The Morgan fingerprint density at radius 2 is 1.56 bits per heavy atom. The lowest BCUT2D eigenvalue weighted by molar-refractivity contribution is -0.129. The Labute approximate surface area is 232 Å². The van der Waals surface area contributed by atoms with E-state index in [1.807, 2.05) is 48.2 Å². The Bertz CT molecular complexity index is 1190. The quantitative estimate of drug-likeness (QED) is 0.360. The van der Waals surface area contributed by atoms with Gasteiger partial charge in [0.1, 0.15) is 18.0 Å². The van der Waals surface area contributed by atoms with Crippen molar-refractivity contribution in [2.75, 3.05) is 19.6 Å². The molecule has 0 aromatic heterocycles. The molecule has 0 bridgehead atoms. The Balaban J connectivity index is 1.38. The van der Waals surface area contributed by atoms with Gasteiger partial charge in [-0.3, -0.25) is 4.79 Å². The van der Waals surface area contributed by atoms with E-state index in [1.54, 1.807) is 0 Å². The molecule has 1 aliphatic heterocycles. The summed E-state index contributed by atoms with van der Waals surface area (Å²) in [5.74, 6) is 0.614. The fraction of sp³-hybridized carbons (Fsp3) is 0.441. The standard InChI is InChI=1S/C34H41FN2O2/c1-24(2)36-21-25(3)39-32-17-11-10-12-26(32)20-33(38)37-22-29-30(23-37)34(19-18-31(29)35,27-13-6-4-7-14-27)28-15-8-5-9-16-28/h4-17,24-25,29-31,36H,18-23H2,1-3H3/t25?,29-,30+,31+/m0/s1. The monoisotopic (exact) mass is 528 g/mol. The van der Waals surface area contributed by atoms with Gasteiger partial charge in [-0.25, -0.2) is 4.39 Å². The number of hydrogen-bond acceptors (Lipinski definition) is 3. The molecule has 3 aromatic carbocycles. The van der Waals surface area contributed by atoms with E-state index in [1.165, 1.54) is 11.1 Å². The normalized spacial score (nSPS) is 22.9. The van der Waals surface area contributed by atoms with Crippen molar-refractivity contribution < 1.29 is 13.9 Å². The Kier molecular flexibility index (Phi) is 8.37. The number of ether oxygens (including phenoxy) is 1. The number of alkyl halides is 1. The molecule has 1 amide bonds. The minimum atomic E-state index is -0.904. The van der Waals surface area contributed by atoms with Crippen molar-refractivity contribution in [3.05, 3.63) is 102 Å². The zero-order valence-corrected chi connectivity index (χ0v) is 23.4. The smallest absolute Gasteiger partial charge is 0.227 e. The maximum atomic E-state index is 15.6. The molecule has 206 valence electrons. The fourth-order valence-electron chi connectivity index (χ4n) is 6.74. The Morgan fingerprint density at radius 1 is 0.949 bits per heavy atom. The highest BCUT2D eigenvalue weighted by Crippen LogP contribution is 2.54. The summed E-state index contributed by atoms with van der Waals surface area (Å²) in [7, 11) is 0. The average Bonchev–Trinajstić information content (AvgIpc) is 3.42. The number of rotatable bonds is 9. The van der Waals surface area contributed by atoms with Crippen LogP contribution in [0.1, 0.15) is 50.3 Å². The van der Waals surface area contributed by atoms with Gasteiger partial charge >= 0.3 is 0 Å². The van der Waals surface area contributed by atoms with E-state index in [9.17, 15) is 4.79 Å². The van der Waals surface area contributed by atoms with Crippen LogP contribution in [-0.2, 0) is 16.6 Å². The molecule has 4 atom stereocenters. The van der Waals surface area contributed by atoms with Crippen LogP contribution in [0.4, 0.5) is 4.39 Å². The van der Waals surface area contributed by atoms with Crippen molar-refractivity contribution in [1.82, 2.24) is 10.2 Å². The highest BCUT2D eigenvalue weighted by molar-refractivity contribution is 5.80. The van der Waals surface area contributed by atoms with E-state index >= 15 is 4.39 Å². The van der Waals surface area contributed by atoms with E-state index < -0.39 is 6.17 Å². The van der Waals surface area contributed by atoms with Crippen LogP contribution in [0.2, 0.25) is 0 Å². The van der Waals surface area contributed by atoms with Gasteiger partial charge in [0.2, 0.25) is 5.91 Å². The van der Waals surface area contributed by atoms with Crippen LogP contribution in [0.3, 0.4) is 0 Å². The van der Waals surface area contributed by atoms with Gasteiger partial charge in [0.15, 0.2) is 0 Å². The minimum absolute atomic E-state index is 0.0172. The highest BCUT2D eigenvalue weighted by Gasteiger charge is 2.55. The molecule has 0 radical (unpaired) electrons. The van der Waals surface area contributed by atoms with Gasteiger partial charge in [0, 0.05) is 42.6 Å². The van der Waals surface area contributed by atoms with Gasteiger partial charge in [-0.15, -0.1) is 0 Å². The number of fused-ring (bicyclic) bond motifs is 1. The van der Waals surface area contributed by atoms with Crippen molar-refractivity contribution in [1.29, 1.82) is 0 Å². The van der Waals surface area contributed by atoms with E-state index in [0.29, 0.717) is 25.6 Å². The van der Waals surface area contributed by atoms with Crippen molar-refractivity contribution >= 4 is 5.91 Å². The molecule has 4 nitrogen and oxygen atoms in total. The molecule has 1 unspecified atom stereocenters. The van der Waals surface area contributed by atoms with Gasteiger partial charge in [0.05, 0.1) is 6.42 Å². The second kappa shape index (κ2) is 11.9. The van der Waals surface area contributed by atoms with E-state index in [-0.39, 0.29) is 35.7 Å². The summed E-state index contributed by atoms with van der Waals surface area (Å²) in [4.78, 5) is 15.6. The number of likely N-dealkylation sites (tertiary alicyclic amines) is 1. The molecule has 1 N–H and O–H groups in total. The third-order valence-corrected chi connectivity index (χ3v) is 8.66. The van der Waals surface area contributed by atoms with Crippen LogP contribution < -0.4 is 10.1 Å². The molecular weight excluding hydrogens is 487 g/mol. The SMILES string of the molecule is CC(C)NCC(C)Oc1ccccc1CC(=O)N1C[C@@H]2[C@H](F)CCC(c3ccccc3)(c3ccccc3)[C@@H]2C1. The molecule has 3 aromatic rings. The Morgan fingerprint density at radius 3 is 2.21 bits per heavy atom. The summed E-state index contributed by atoms with van der Waals surface area (Å²) in [5, 5.41) is 3.40. The number of halogens is 1. The van der Waals surface area contributed by atoms with E-state index in [4.69, 9.17) is 4.74 Å². The van der Waals surface area contributed by atoms with Gasteiger partial charge < -0.3 is 15.0 Å². The third-order valence-electron chi connectivity index (χ3n) is 8.66. The summed E-state index contributed by atoms with van der Waals surface area (Å²) < 4.78 is 21.8. The lowest BCUT2D eigenvalue weighted by Gasteiger charge is -2.47. The van der Waals surface area contributed by atoms with Gasteiger partial charge in [0.25, 0.3) is 0 Å². The molecule has 1 heterocycles. The largest absolute Gasteiger partial charge is 0.489 e. The molecule has 1 saturated carbocycles. The molecule has 39 heavy (non-hydrogen) atoms. The van der Waals surface area contributed by atoms with Crippen LogP contribution in [0, 0.1) is 11.8 Å². The van der Waals surface area contributed by atoms with Crippen molar-refractivity contribution in [3.8, 4) is 5.75 Å². The first-order valence-corrected chi connectivity index (χ1v) is 14.4. The van der Waals surface area contributed by atoms with E-state index in [2.05, 4.69) is 67.7 Å². The van der Waals surface area contributed by atoms with Gasteiger partial charge in [-0.2, -0.15) is 0 Å². The van der Waals surface area contributed by atoms with Crippen LogP contribution >= 0.6 is 0 Å². The summed E-state index contributed by atoms with van der Waals surface area (Å²) in [6.45, 7) is 8.01. The number of hydrogen-bond donors (Lipinski definition) is 1. The van der Waals surface area contributed by atoms with Crippen LogP contribution in [0.5, 0.6) is 5.75 Å².